The van der Waals surface area contributed by atoms with Crippen molar-refractivity contribution in [3.05, 3.63) is 34.5 Å². The van der Waals surface area contributed by atoms with E-state index in [9.17, 15) is 4.79 Å². The molecule has 0 spiro atoms. The highest BCUT2D eigenvalue weighted by atomic mass is 32.1. The lowest BCUT2D eigenvalue weighted by molar-refractivity contribution is 0.0702. The Morgan fingerprint density at radius 3 is 2.18 bits per heavy atom. The second kappa shape index (κ2) is 6.93. The summed E-state index contributed by atoms with van der Waals surface area (Å²) in [4.78, 5) is 10.6. The fraction of sp³-hybridized carbons (Fsp3) is 0.182. The molecule has 0 aromatic carbocycles. The van der Waals surface area contributed by atoms with E-state index >= 15 is 0 Å². The molecule has 4 nitrogen and oxygen atoms in total. The molecule has 2 heterocycles. The summed E-state index contributed by atoms with van der Waals surface area (Å²) in [6.45, 7) is 0. The summed E-state index contributed by atoms with van der Waals surface area (Å²) in [5.41, 5.74) is 0. The fourth-order valence-corrected chi connectivity index (χ4v) is 2.13. The Kier molecular flexibility index (Phi) is 5.51. The summed E-state index contributed by atoms with van der Waals surface area (Å²) in [6, 6.07) is 7.05. The van der Waals surface area contributed by atoms with Crippen LogP contribution in [0.15, 0.2) is 29.6 Å². The second-order valence-electron chi connectivity index (χ2n) is 2.76. The fourth-order valence-electron chi connectivity index (χ4n) is 0.924. The van der Waals surface area contributed by atoms with Crippen LogP contribution < -0.4 is 9.47 Å². The van der Waals surface area contributed by atoms with E-state index in [2.05, 4.69) is 0 Å². The molecule has 17 heavy (non-hydrogen) atoms. The predicted octanol–water partition coefficient (Wildman–Crippen LogP) is 3.21. The molecule has 0 aliphatic heterocycles. The number of carbonyl (C=O) groups is 1. The quantitative estimate of drug-likeness (QED) is 0.932. The summed E-state index contributed by atoms with van der Waals surface area (Å²) < 4.78 is 9.67. The Morgan fingerprint density at radius 1 is 1.18 bits per heavy atom. The Labute approximate surface area is 107 Å². The van der Waals surface area contributed by atoms with Crippen LogP contribution in [0.25, 0.3) is 0 Å². The molecule has 0 aliphatic carbocycles. The number of carboxylic acid groups (broad SMARTS) is 1. The van der Waals surface area contributed by atoms with E-state index < -0.39 is 5.97 Å². The minimum atomic E-state index is -0.909. The number of aromatic carboxylic acids is 1. The molecule has 0 radical (unpaired) electrons. The lowest BCUT2D eigenvalue weighted by Crippen LogP contribution is -1.89. The smallest absolute Gasteiger partial charge is 0.345 e. The molecule has 0 fully saturated rings. The first-order valence-electron chi connectivity index (χ1n) is 4.62. The van der Waals surface area contributed by atoms with Crippen molar-refractivity contribution in [1.29, 1.82) is 0 Å². The van der Waals surface area contributed by atoms with E-state index in [4.69, 9.17) is 14.6 Å². The normalized spacial score (nSPS) is 9.06. The van der Waals surface area contributed by atoms with E-state index in [1.165, 1.54) is 13.2 Å². The van der Waals surface area contributed by atoms with Crippen LogP contribution in [0.5, 0.6) is 10.1 Å². The van der Waals surface area contributed by atoms with Gasteiger partial charge in [-0.25, -0.2) is 4.79 Å². The minimum Gasteiger partial charge on any atom is -0.487 e. The third-order valence-corrected chi connectivity index (χ3v) is 3.55. The maximum atomic E-state index is 10.3. The second-order valence-corrected chi connectivity index (χ2v) is 4.72. The van der Waals surface area contributed by atoms with Crippen molar-refractivity contribution in [1.82, 2.24) is 0 Å². The predicted molar refractivity (Wildman–Crippen MR) is 68.7 cm³/mol. The van der Waals surface area contributed by atoms with Gasteiger partial charge in [0.1, 0.15) is 4.88 Å². The first kappa shape index (κ1) is 13.5. The minimum absolute atomic E-state index is 0.303. The molecule has 0 saturated carbocycles. The largest absolute Gasteiger partial charge is 0.487 e. The molecular formula is C11H12O4S2. The number of thiophene rings is 2. The van der Waals surface area contributed by atoms with Crippen LogP contribution in [0, 0.1) is 0 Å². The number of rotatable bonds is 3. The van der Waals surface area contributed by atoms with Crippen molar-refractivity contribution in [2.45, 2.75) is 0 Å². The summed E-state index contributed by atoms with van der Waals surface area (Å²) in [6.07, 6.45) is 0. The average Bonchev–Trinajstić information content (AvgIpc) is 3.01. The monoisotopic (exact) mass is 272 g/mol. The summed E-state index contributed by atoms with van der Waals surface area (Å²) in [5, 5.41) is 12.0. The van der Waals surface area contributed by atoms with Crippen LogP contribution >= 0.6 is 22.7 Å². The van der Waals surface area contributed by atoms with Crippen LogP contribution in [-0.2, 0) is 0 Å². The molecule has 0 bridgehead atoms. The van der Waals surface area contributed by atoms with E-state index in [1.54, 1.807) is 24.5 Å². The summed E-state index contributed by atoms with van der Waals surface area (Å²) >= 11 is 2.72. The zero-order chi connectivity index (χ0) is 12.7. The van der Waals surface area contributed by atoms with Gasteiger partial charge in [0.2, 0.25) is 0 Å². The SMILES string of the molecule is COc1ccc(C(=O)O)s1.COc1cccs1. The number of hydrogen-bond acceptors (Lipinski definition) is 5. The van der Waals surface area contributed by atoms with E-state index in [-0.39, 0.29) is 0 Å². The maximum absolute atomic E-state index is 10.3. The molecule has 2 rings (SSSR count). The number of methoxy groups -OCH3 is 2. The van der Waals surface area contributed by atoms with Crippen LogP contribution in [0.1, 0.15) is 9.67 Å². The maximum Gasteiger partial charge on any atom is 0.345 e. The topological polar surface area (TPSA) is 55.8 Å². The van der Waals surface area contributed by atoms with Crippen molar-refractivity contribution in [2.24, 2.45) is 0 Å². The Morgan fingerprint density at radius 2 is 1.88 bits per heavy atom. The highest BCUT2D eigenvalue weighted by molar-refractivity contribution is 7.15. The zero-order valence-corrected chi connectivity index (χ0v) is 11.0. The molecule has 0 unspecified atom stereocenters. The van der Waals surface area contributed by atoms with Crippen LogP contribution in [-0.4, -0.2) is 25.3 Å². The van der Waals surface area contributed by atoms with Gasteiger partial charge < -0.3 is 14.6 Å². The standard InChI is InChI=1S/C6H6O3S.C5H6OS/c1-9-5-3-2-4(10-5)6(7)8;1-6-5-3-2-4-7-5/h2-3H,1H3,(H,7,8);2-4H,1H3. The first-order valence-corrected chi connectivity index (χ1v) is 6.31. The van der Waals surface area contributed by atoms with Gasteiger partial charge >= 0.3 is 5.97 Å². The Balaban J connectivity index is 0.000000181. The molecule has 92 valence electrons. The van der Waals surface area contributed by atoms with Crippen molar-refractivity contribution in [3.8, 4) is 10.1 Å². The van der Waals surface area contributed by atoms with Crippen molar-refractivity contribution < 1.29 is 19.4 Å². The van der Waals surface area contributed by atoms with Gasteiger partial charge in [-0.05, 0) is 29.6 Å². The van der Waals surface area contributed by atoms with Crippen molar-refractivity contribution >= 4 is 28.6 Å². The van der Waals surface area contributed by atoms with Gasteiger partial charge in [-0.2, -0.15) is 0 Å². The van der Waals surface area contributed by atoms with E-state index in [0.29, 0.717) is 9.94 Å². The molecule has 0 aliphatic rings. The zero-order valence-electron chi connectivity index (χ0n) is 9.38. The highest BCUT2D eigenvalue weighted by Gasteiger charge is 2.05. The molecular weight excluding hydrogens is 260 g/mol. The Bertz CT molecular complexity index is 448. The molecule has 0 saturated heterocycles. The van der Waals surface area contributed by atoms with Crippen LogP contribution in [0.4, 0.5) is 0 Å². The van der Waals surface area contributed by atoms with Gasteiger partial charge in [0.05, 0.1) is 14.2 Å². The Hall–Kier alpha value is -1.53. The molecule has 2 aromatic heterocycles. The highest BCUT2D eigenvalue weighted by Crippen LogP contribution is 2.23. The lowest BCUT2D eigenvalue weighted by Gasteiger charge is -1.88. The number of hydrogen-bond donors (Lipinski definition) is 1. The first-order chi connectivity index (χ1) is 8.17. The van der Waals surface area contributed by atoms with Crippen molar-refractivity contribution in [2.75, 3.05) is 14.2 Å². The van der Waals surface area contributed by atoms with Gasteiger partial charge in [-0.15, -0.1) is 11.3 Å². The van der Waals surface area contributed by atoms with E-state index in [1.807, 2.05) is 17.5 Å². The number of carboxylic acids is 1. The third kappa shape index (κ3) is 4.46. The third-order valence-electron chi connectivity index (χ3n) is 1.69. The van der Waals surface area contributed by atoms with Gasteiger partial charge in [0.15, 0.2) is 10.1 Å². The molecule has 0 atom stereocenters. The lowest BCUT2D eigenvalue weighted by atomic mass is 10.5. The van der Waals surface area contributed by atoms with Crippen molar-refractivity contribution in [3.63, 3.8) is 0 Å². The van der Waals surface area contributed by atoms with Crippen LogP contribution in [0.2, 0.25) is 0 Å². The molecule has 0 amide bonds. The number of ether oxygens (including phenoxy) is 2. The van der Waals surface area contributed by atoms with E-state index in [0.717, 1.165) is 16.4 Å². The molecule has 2 aromatic rings. The summed E-state index contributed by atoms with van der Waals surface area (Å²) in [5.74, 6) is -0.909. The van der Waals surface area contributed by atoms with Gasteiger partial charge in [0, 0.05) is 0 Å². The van der Waals surface area contributed by atoms with Gasteiger partial charge in [0.25, 0.3) is 0 Å². The van der Waals surface area contributed by atoms with Crippen LogP contribution in [0.3, 0.4) is 0 Å². The van der Waals surface area contributed by atoms with Gasteiger partial charge in [-0.1, -0.05) is 11.3 Å². The molecule has 6 heteroatoms. The average molecular weight is 272 g/mol. The summed E-state index contributed by atoms with van der Waals surface area (Å²) in [7, 11) is 3.18. The van der Waals surface area contributed by atoms with Gasteiger partial charge in [-0.3, -0.25) is 0 Å². The molecule has 1 N–H and O–H groups in total.